The molecule has 0 aromatic heterocycles. The molecule has 0 N–H and O–H groups in total. The molecule has 0 radical (unpaired) electrons. The van der Waals surface area contributed by atoms with Crippen molar-refractivity contribution in [2.75, 3.05) is 0 Å². The Labute approximate surface area is 84.9 Å². The number of Topliss-reactive ketones (excluding diaryl/α,β-unsaturated/α-hetero) is 2. The van der Waals surface area contributed by atoms with Gasteiger partial charge in [-0.3, -0.25) is 9.59 Å². The van der Waals surface area contributed by atoms with Gasteiger partial charge in [-0.15, -0.1) is 0 Å². The van der Waals surface area contributed by atoms with Gasteiger partial charge in [0.1, 0.15) is 18.0 Å². The second kappa shape index (κ2) is 3.18. The van der Waals surface area contributed by atoms with Crippen LogP contribution in [-0.2, 0) is 28.5 Å². The van der Waals surface area contributed by atoms with Crippen molar-refractivity contribution in [1.29, 1.82) is 0 Å². The molecule has 2 aliphatic heterocycles. The molecule has 2 saturated heterocycles. The predicted octanol–water partition coefficient (Wildman–Crippen LogP) is -0.539. The van der Waals surface area contributed by atoms with Crippen LogP contribution in [0.4, 0.5) is 0 Å². The minimum absolute atomic E-state index is 0.163. The Hall–Kier alpha value is -1.66. The number of carbonyl (C=O) groups excluding carboxylic acids is 4. The van der Waals surface area contributed by atoms with Gasteiger partial charge in [-0.2, -0.15) is 0 Å². The van der Waals surface area contributed by atoms with Gasteiger partial charge in [-0.1, -0.05) is 0 Å². The molecule has 15 heavy (non-hydrogen) atoms. The molecule has 6 nitrogen and oxygen atoms in total. The third-order valence-electron chi connectivity index (χ3n) is 2.45. The Morgan fingerprint density at radius 3 is 1.73 bits per heavy atom. The van der Waals surface area contributed by atoms with Gasteiger partial charge in [0.05, 0.1) is 6.42 Å². The molecule has 0 unspecified atom stereocenters. The van der Waals surface area contributed by atoms with E-state index >= 15 is 0 Å². The van der Waals surface area contributed by atoms with Crippen LogP contribution < -0.4 is 0 Å². The molecule has 80 valence electrons. The maximum atomic E-state index is 11.2. The zero-order chi connectivity index (χ0) is 11.1. The molecule has 2 heterocycles. The number of rotatable bonds is 0. The molecule has 0 aliphatic carbocycles. The van der Waals surface area contributed by atoms with Gasteiger partial charge in [0.2, 0.25) is 0 Å². The van der Waals surface area contributed by atoms with Crippen LogP contribution in [0, 0.1) is 0 Å². The van der Waals surface area contributed by atoms with E-state index in [4.69, 9.17) is 9.31 Å². The topological polar surface area (TPSA) is 86.7 Å². The first-order chi connectivity index (χ1) is 6.99. The highest BCUT2D eigenvalue weighted by atomic mass is 16.7. The second-order valence-electron chi connectivity index (χ2n) is 3.87. The van der Waals surface area contributed by atoms with Crippen molar-refractivity contribution in [3.8, 4) is 0 Å². The van der Waals surface area contributed by atoms with E-state index < -0.39 is 24.9 Å². The van der Waals surface area contributed by atoms with Crippen LogP contribution in [0.5, 0.6) is 0 Å². The maximum absolute atomic E-state index is 11.2. The summed E-state index contributed by atoms with van der Waals surface area (Å²) in [6.45, 7) is -2.36. The van der Waals surface area contributed by atoms with Crippen molar-refractivity contribution >= 4 is 30.1 Å². The minimum Gasteiger partial charge on any atom is -0.655 e. The van der Waals surface area contributed by atoms with Crippen LogP contribution in [0.3, 0.4) is 0 Å². The van der Waals surface area contributed by atoms with Crippen LogP contribution in [-0.4, -0.2) is 30.1 Å². The average molecular weight is 211 g/mol. The lowest BCUT2D eigenvalue weighted by Crippen LogP contribution is -2.54. The first kappa shape index (κ1) is 9.88. The van der Waals surface area contributed by atoms with E-state index in [0.29, 0.717) is 0 Å². The lowest BCUT2D eigenvalue weighted by Gasteiger charge is -2.44. The molecule has 2 aliphatic rings. The van der Waals surface area contributed by atoms with E-state index in [-0.39, 0.29) is 30.6 Å². The lowest BCUT2D eigenvalue weighted by molar-refractivity contribution is -0.153. The summed E-state index contributed by atoms with van der Waals surface area (Å²) in [6, 6.07) is 0. The summed E-state index contributed by atoms with van der Waals surface area (Å²) >= 11 is 0. The highest BCUT2D eigenvalue weighted by molar-refractivity contribution is 6.78. The van der Waals surface area contributed by atoms with E-state index in [9.17, 15) is 19.2 Å². The summed E-state index contributed by atoms with van der Waals surface area (Å²) in [7, 11) is 0. The van der Waals surface area contributed by atoms with Gasteiger partial charge in [-0.25, -0.2) is 0 Å². The summed E-state index contributed by atoms with van der Waals surface area (Å²) in [5, 5.41) is 0. The monoisotopic (exact) mass is 211 g/mol. The Bertz CT molecular complexity index is 302. The molecule has 0 aromatic carbocycles. The lowest BCUT2D eigenvalue weighted by atomic mass is 9.46. The molecule has 2 fully saturated rings. The number of carbonyl (C=O) groups is 4. The van der Waals surface area contributed by atoms with Crippen LogP contribution in [0.25, 0.3) is 0 Å². The van der Waals surface area contributed by atoms with Crippen molar-refractivity contribution in [2.45, 2.75) is 25.5 Å². The van der Waals surface area contributed by atoms with Gasteiger partial charge in [0.25, 0.3) is 11.9 Å². The van der Waals surface area contributed by atoms with E-state index in [2.05, 4.69) is 0 Å². The molecule has 0 bridgehead atoms. The smallest absolute Gasteiger partial charge is 0.364 e. The first-order valence-electron chi connectivity index (χ1n) is 4.63. The van der Waals surface area contributed by atoms with E-state index in [1.54, 1.807) is 0 Å². The molecule has 0 amide bonds. The summed E-state index contributed by atoms with van der Waals surface area (Å²) in [4.78, 5) is 44.4. The third kappa shape index (κ3) is 1.90. The van der Waals surface area contributed by atoms with E-state index in [1.165, 1.54) is 0 Å². The first-order valence-corrected chi connectivity index (χ1v) is 4.63. The zero-order valence-electron chi connectivity index (χ0n) is 7.86. The standard InChI is InChI=1S/C8H8BO6/c10-5-1-6(11)4-9(3-5)14-7(12)2-8(13)15-9/h1-4H2/q-1. The Morgan fingerprint density at radius 2 is 1.27 bits per heavy atom. The van der Waals surface area contributed by atoms with Gasteiger partial charge in [-0.05, 0) is 12.6 Å². The van der Waals surface area contributed by atoms with Crippen molar-refractivity contribution in [1.82, 2.24) is 0 Å². The molecule has 0 atom stereocenters. The number of hydrogen-bond donors (Lipinski definition) is 0. The molecule has 2 rings (SSSR count). The van der Waals surface area contributed by atoms with Crippen LogP contribution >= 0.6 is 0 Å². The predicted molar refractivity (Wildman–Crippen MR) is 46.8 cm³/mol. The molecule has 0 aromatic rings. The fourth-order valence-corrected chi connectivity index (χ4v) is 2.00. The second-order valence-corrected chi connectivity index (χ2v) is 3.87. The molecular formula is C8H8BO6-. The SMILES string of the molecule is O=C1CC(=O)C[B-]2(C1)OC(=O)CC(=O)O2. The van der Waals surface area contributed by atoms with Gasteiger partial charge >= 0.3 is 6.55 Å². The van der Waals surface area contributed by atoms with Crippen molar-refractivity contribution in [3.05, 3.63) is 0 Å². The maximum Gasteiger partial charge on any atom is 0.364 e. The normalized spacial score (nSPS) is 25.1. The number of hydrogen-bond acceptors (Lipinski definition) is 6. The quantitative estimate of drug-likeness (QED) is 0.395. The van der Waals surface area contributed by atoms with Gasteiger partial charge in [0.15, 0.2) is 0 Å². The van der Waals surface area contributed by atoms with Crippen LogP contribution in [0.15, 0.2) is 0 Å². The van der Waals surface area contributed by atoms with Gasteiger partial charge in [0, 0.05) is 0 Å². The summed E-state index contributed by atoms with van der Waals surface area (Å²) < 4.78 is 9.73. The fourth-order valence-electron chi connectivity index (χ4n) is 2.00. The highest BCUT2D eigenvalue weighted by Gasteiger charge is 2.45. The zero-order valence-corrected chi connectivity index (χ0v) is 7.86. The Kier molecular flexibility index (Phi) is 2.10. The molecule has 7 heteroatoms. The largest absolute Gasteiger partial charge is 0.655 e. The van der Waals surface area contributed by atoms with Crippen LogP contribution in [0.1, 0.15) is 12.8 Å². The van der Waals surface area contributed by atoms with Crippen LogP contribution in [0.2, 0.25) is 12.6 Å². The average Bonchev–Trinajstić information content (AvgIpc) is 1.96. The van der Waals surface area contributed by atoms with Crippen molar-refractivity contribution in [2.24, 2.45) is 0 Å². The Morgan fingerprint density at radius 1 is 0.800 bits per heavy atom. The van der Waals surface area contributed by atoms with Gasteiger partial charge < -0.3 is 18.9 Å². The Balaban J connectivity index is 2.24. The van der Waals surface area contributed by atoms with E-state index in [0.717, 1.165) is 0 Å². The molecular weight excluding hydrogens is 203 g/mol. The minimum atomic E-state index is -2.36. The summed E-state index contributed by atoms with van der Waals surface area (Å²) in [6.07, 6.45) is -0.947. The van der Waals surface area contributed by atoms with Crippen molar-refractivity contribution in [3.63, 3.8) is 0 Å². The molecule has 0 saturated carbocycles. The van der Waals surface area contributed by atoms with Crippen molar-refractivity contribution < 1.29 is 28.5 Å². The summed E-state index contributed by atoms with van der Waals surface area (Å²) in [5.41, 5.74) is 0. The highest BCUT2D eigenvalue weighted by Crippen LogP contribution is 2.30. The number of ketones is 2. The summed E-state index contributed by atoms with van der Waals surface area (Å²) in [5.74, 6) is -2.16. The third-order valence-corrected chi connectivity index (χ3v) is 2.45. The molecule has 1 spiro atoms. The fraction of sp³-hybridized carbons (Fsp3) is 0.500. The van der Waals surface area contributed by atoms with E-state index in [1.807, 2.05) is 0 Å².